The number of carbonyl (C=O) groups excluding carboxylic acids is 2. The molecule has 21 heavy (non-hydrogen) atoms. The summed E-state index contributed by atoms with van der Waals surface area (Å²) in [7, 11) is 1.55. The van der Waals surface area contributed by atoms with Crippen LogP contribution < -0.4 is 10.1 Å². The van der Waals surface area contributed by atoms with Crippen molar-refractivity contribution in [3.8, 4) is 5.75 Å². The standard InChI is InChI=1S/C13H13N3O4Se/c1-3-20-13(18)10-12(21-16-15-10)14-11(17)8-4-6-9(19-2)7-5-8/h4-7H,3H2,1-2H3,(H,14,17). The first-order valence-electron chi connectivity index (χ1n) is 6.10. The molecule has 0 aliphatic rings. The van der Waals surface area contributed by atoms with Gasteiger partial charge in [0, 0.05) is 0 Å². The predicted octanol–water partition coefficient (Wildman–Crippen LogP) is 0.971. The number of methoxy groups -OCH3 is 1. The molecule has 2 aromatic rings. The second-order valence-corrected chi connectivity index (χ2v) is 5.44. The molecule has 0 aliphatic heterocycles. The van der Waals surface area contributed by atoms with Crippen LogP contribution in [0.2, 0.25) is 0 Å². The van der Waals surface area contributed by atoms with E-state index in [9.17, 15) is 9.59 Å². The van der Waals surface area contributed by atoms with Gasteiger partial charge in [-0.3, -0.25) is 0 Å². The van der Waals surface area contributed by atoms with E-state index in [1.807, 2.05) is 0 Å². The zero-order valence-electron chi connectivity index (χ0n) is 11.5. The van der Waals surface area contributed by atoms with E-state index in [1.54, 1.807) is 38.3 Å². The van der Waals surface area contributed by atoms with Gasteiger partial charge in [-0.1, -0.05) is 0 Å². The molecule has 1 aromatic heterocycles. The van der Waals surface area contributed by atoms with Gasteiger partial charge in [0.1, 0.15) is 0 Å². The molecule has 0 spiro atoms. The van der Waals surface area contributed by atoms with Crippen molar-refractivity contribution in [2.45, 2.75) is 6.92 Å². The number of rotatable bonds is 5. The number of carbonyl (C=O) groups is 2. The summed E-state index contributed by atoms with van der Waals surface area (Å²) in [6.07, 6.45) is 0. The second-order valence-electron chi connectivity index (χ2n) is 3.85. The van der Waals surface area contributed by atoms with Crippen molar-refractivity contribution in [2.24, 2.45) is 0 Å². The van der Waals surface area contributed by atoms with Crippen molar-refractivity contribution in [3.05, 3.63) is 35.5 Å². The van der Waals surface area contributed by atoms with Crippen LogP contribution in [-0.4, -0.2) is 49.5 Å². The molecule has 1 heterocycles. The van der Waals surface area contributed by atoms with Crippen molar-refractivity contribution >= 4 is 31.2 Å². The zero-order chi connectivity index (χ0) is 15.2. The van der Waals surface area contributed by atoms with Gasteiger partial charge < -0.3 is 0 Å². The molecule has 0 bridgehead atoms. The van der Waals surface area contributed by atoms with Crippen LogP contribution in [0, 0.1) is 0 Å². The fourth-order valence-electron chi connectivity index (χ4n) is 1.52. The van der Waals surface area contributed by atoms with Crippen molar-refractivity contribution in [1.29, 1.82) is 0 Å². The van der Waals surface area contributed by atoms with Crippen molar-refractivity contribution in [2.75, 3.05) is 19.0 Å². The molecular weight excluding hydrogens is 341 g/mol. The van der Waals surface area contributed by atoms with Gasteiger partial charge in [0.05, 0.1) is 0 Å². The first kappa shape index (κ1) is 15.2. The fourth-order valence-corrected chi connectivity index (χ4v) is 2.68. The first-order valence-corrected chi connectivity index (χ1v) is 7.72. The summed E-state index contributed by atoms with van der Waals surface area (Å²) in [5, 5.41) is 6.39. The number of nitrogens with one attached hydrogen (secondary N) is 1. The zero-order valence-corrected chi connectivity index (χ0v) is 13.2. The van der Waals surface area contributed by atoms with Gasteiger partial charge in [-0.15, -0.1) is 0 Å². The summed E-state index contributed by atoms with van der Waals surface area (Å²) < 4.78 is 14.1. The Bertz CT molecular complexity index is 639. The van der Waals surface area contributed by atoms with Crippen LogP contribution >= 0.6 is 0 Å². The number of hydrogen-bond acceptors (Lipinski definition) is 6. The minimum atomic E-state index is -0.578. The van der Waals surface area contributed by atoms with E-state index in [0.29, 0.717) is 15.9 Å². The Balaban J connectivity index is 2.12. The number of ether oxygens (including phenoxy) is 2. The summed E-state index contributed by atoms with van der Waals surface area (Å²) in [5.41, 5.74) is 0.521. The molecule has 0 unspecified atom stereocenters. The molecule has 1 amide bonds. The van der Waals surface area contributed by atoms with E-state index in [2.05, 4.69) is 14.5 Å². The molecule has 8 heteroatoms. The van der Waals surface area contributed by atoms with Gasteiger partial charge in [-0.2, -0.15) is 0 Å². The summed E-state index contributed by atoms with van der Waals surface area (Å²) >= 11 is -0.426. The number of nitrogens with zero attached hydrogens (tertiary/aromatic N) is 2. The van der Waals surface area contributed by atoms with Crippen LogP contribution in [0.15, 0.2) is 24.3 Å². The fraction of sp³-hybridized carbons (Fsp3) is 0.231. The third kappa shape index (κ3) is 3.68. The maximum atomic E-state index is 12.1. The molecule has 0 fully saturated rings. The number of benzene rings is 1. The van der Waals surface area contributed by atoms with Gasteiger partial charge in [-0.05, 0) is 0 Å². The summed E-state index contributed by atoms with van der Waals surface area (Å²) in [4.78, 5) is 23.8. The molecule has 1 aromatic carbocycles. The average Bonchev–Trinajstić information content (AvgIpc) is 2.95. The second kappa shape index (κ2) is 7.01. The molecule has 0 atom stereocenters. The van der Waals surface area contributed by atoms with Gasteiger partial charge >= 0.3 is 127 Å². The maximum absolute atomic E-state index is 12.1. The van der Waals surface area contributed by atoms with Crippen molar-refractivity contribution in [3.63, 3.8) is 0 Å². The molecular formula is C13H13N3O4Se. The number of anilines is 1. The molecule has 1 N–H and O–H groups in total. The molecule has 2 rings (SSSR count). The van der Waals surface area contributed by atoms with Gasteiger partial charge in [0.2, 0.25) is 0 Å². The Kier molecular flexibility index (Phi) is 5.08. The van der Waals surface area contributed by atoms with Gasteiger partial charge in [-0.25, -0.2) is 0 Å². The average molecular weight is 354 g/mol. The van der Waals surface area contributed by atoms with Crippen LogP contribution in [0.25, 0.3) is 0 Å². The summed E-state index contributed by atoms with van der Waals surface area (Å²) in [6, 6.07) is 6.64. The van der Waals surface area contributed by atoms with Crippen LogP contribution in [0.5, 0.6) is 5.75 Å². The molecule has 0 saturated heterocycles. The first-order chi connectivity index (χ1) is 10.2. The number of hydrogen-bond donors (Lipinski definition) is 1. The van der Waals surface area contributed by atoms with E-state index < -0.39 is 20.7 Å². The third-order valence-corrected chi connectivity index (χ3v) is 3.88. The van der Waals surface area contributed by atoms with Gasteiger partial charge in [0.25, 0.3) is 0 Å². The van der Waals surface area contributed by atoms with Crippen molar-refractivity contribution in [1.82, 2.24) is 9.19 Å². The minimum absolute atomic E-state index is 0.0683. The van der Waals surface area contributed by atoms with Crippen LogP contribution in [0.3, 0.4) is 0 Å². The topological polar surface area (TPSA) is 90.4 Å². The van der Waals surface area contributed by atoms with Crippen LogP contribution in [0.1, 0.15) is 27.8 Å². The van der Waals surface area contributed by atoms with Crippen LogP contribution in [0.4, 0.5) is 4.56 Å². The Morgan fingerprint density at radius 2 is 2.00 bits per heavy atom. The summed E-state index contributed by atoms with van der Waals surface area (Å²) in [5.74, 6) is -0.248. The number of amides is 1. The Morgan fingerprint density at radius 3 is 2.62 bits per heavy atom. The van der Waals surface area contributed by atoms with Crippen molar-refractivity contribution < 1.29 is 19.1 Å². The quantitative estimate of drug-likeness (QED) is 0.636. The van der Waals surface area contributed by atoms with Gasteiger partial charge in [0.15, 0.2) is 0 Å². The van der Waals surface area contributed by atoms with E-state index in [4.69, 9.17) is 9.47 Å². The van der Waals surface area contributed by atoms with E-state index in [1.165, 1.54) is 0 Å². The number of aromatic nitrogens is 2. The molecule has 0 saturated carbocycles. The monoisotopic (exact) mass is 355 g/mol. The molecule has 0 aliphatic carbocycles. The summed E-state index contributed by atoms with van der Waals surface area (Å²) in [6.45, 7) is 1.94. The third-order valence-electron chi connectivity index (χ3n) is 2.54. The Hall–Kier alpha value is -2.18. The molecule has 110 valence electrons. The Labute approximate surface area is 127 Å². The van der Waals surface area contributed by atoms with E-state index in [0.717, 1.165) is 0 Å². The Morgan fingerprint density at radius 1 is 1.29 bits per heavy atom. The SMILES string of the molecule is CCOC(=O)c1nn[se]c1NC(=O)c1ccc(OC)cc1. The molecule has 7 nitrogen and oxygen atoms in total. The predicted molar refractivity (Wildman–Crippen MR) is 75.9 cm³/mol. The number of esters is 1. The molecule has 0 radical (unpaired) electrons. The van der Waals surface area contributed by atoms with Crippen LogP contribution in [-0.2, 0) is 4.74 Å². The van der Waals surface area contributed by atoms with E-state index in [-0.39, 0.29) is 18.2 Å². The van der Waals surface area contributed by atoms with E-state index >= 15 is 0 Å². The normalized spacial score (nSPS) is 10.0.